The Balaban J connectivity index is 1.39. The molecule has 0 spiro atoms. The van der Waals surface area contributed by atoms with Gasteiger partial charge in [0.15, 0.2) is 0 Å². The average Bonchev–Trinajstić information content (AvgIpc) is 3.12. The number of amides is 3. The van der Waals surface area contributed by atoms with Gasteiger partial charge in [-0.3, -0.25) is 19.9 Å². The van der Waals surface area contributed by atoms with E-state index in [1.807, 2.05) is 0 Å². The molecule has 3 amide bonds. The van der Waals surface area contributed by atoms with Crippen LogP contribution in [0.5, 0.6) is 0 Å². The summed E-state index contributed by atoms with van der Waals surface area (Å²) in [6.45, 7) is 8.14. The normalized spacial score (nSPS) is 17.7. The number of rotatable bonds is 6. The average molecular weight is 477 g/mol. The van der Waals surface area contributed by atoms with Crippen molar-refractivity contribution in [2.45, 2.75) is 13.0 Å². The van der Waals surface area contributed by atoms with Gasteiger partial charge in [-0.2, -0.15) is 0 Å². The summed E-state index contributed by atoms with van der Waals surface area (Å²) in [5, 5.41) is 6.68. The van der Waals surface area contributed by atoms with E-state index in [-0.39, 0.29) is 0 Å². The number of fused-ring (bicyclic) bond motifs is 1. The van der Waals surface area contributed by atoms with Crippen molar-refractivity contribution in [3.63, 3.8) is 0 Å². The van der Waals surface area contributed by atoms with Crippen LogP contribution in [0, 0.1) is 0 Å². The molecule has 8 nitrogen and oxygen atoms in total. The Labute approximate surface area is 197 Å². The molecule has 10 heteroatoms. The maximum Gasteiger partial charge on any atom is 0.324 e. The van der Waals surface area contributed by atoms with Crippen molar-refractivity contribution in [3.8, 4) is 0 Å². The zero-order valence-electron chi connectivity index (χ0n) is 18.2. The molecule has 4 N–H and O–H groups in total. The summed E-state index contributed by atoms with van der Waals surface area (Å²) in [5.41, 5.74) is 7.71. The van der Waals surface area contributed by atoms with Gasteiger partial charge in [0, 0.05) is 67.9 Å². The number of hydrogen-bond donors (Lipinski definition) is 3. The number of anilines is 2. The molecule has 0 radical (unpaired) electrons. The Morgan fingerprint density at radius 1 is 1.03 bits per heavy atom. The zero-order valence-corrected chi connectivity index (χ0v) is 19.8. The highest BCUT2D eigenvalue weighted by atomic mass is 35.5. The van der Waals surface area contributed by atoms with Gasteiger partial charge in [0.25, 0.3) is 5.91 Å². The molecular formula is C22H29ClN6O2S. The van der Waals surface area contributed by atoms with Gasteiger partial charge in [0.1, 0.15) is 5.00 Å². The SMILES string of the molecule is CN1CCN(CCN2CCc3c(sc(NC(=O)Nc4ccc(Cl)cc4)c3C(N)=O)C2)CC1. The number of nitrogens with one attached hydrogen (secondary N) is 2. The van der Waals surface area contributed by atoms with E-state index in [1.165, 1.54) is 11.3 Å². The molecule has 0 bridgehead atoms. The molecule has 172 valence electrons. The molecule has 0 unspecified atom stereocenters. The molecule has 2 aliphatic rings. The Kier molecular flexibility index (Phi) is 7.32. The molecule has 32 heavy (non-hydrogen) atoms. The first-order chi connectivity index (χ1) is 15.4. The largest absolute Gasteiger partial charge is 0.365 e. The molecular weight excluding hydrogens is 448 g/mol. The Hall–Kier alpha value is -2.17. The highest BCUT2D eigenvalue weighted by Gasteiger charge is 2.28. The number of urea groups is 1. The lowest BCUT2D eigenvalue weighted by Gasteiger charge is -2.34. The molecule has 0 atom stereocenters. The third-order valence-electron chi connectivity index (χ3n) is 6.04. The molecule has 3 heterocycles. The van der Waals surface area contributed by atoms with Gasteiger partial charge < -0.3 is 16.0 Å². The number of carbonyl (C=O) groups is 2. The van der Waals surface area contributed by atoms with Crippen molar-refractivity contribution in [1.82, 2.24) is 14.7 Å². The zero-order chi connectivity index (χ0) is 22.7. The first-order valence-electron chi connectivity index (χ1n) is 10.8. The molecule has 4 rings (SSSR count). The number of likely N-dealkylation sites (N-methyl/N-ethyl adjacent to an activating group) is 1. The monoisotopic (exact) mass is 476 g/mol. The molecule has 1 aromatic heterocycles. The molecule has 2 aromatic rings. The summed E-state index contributed by atoms with van der Waals surface area (Å²) in [5.74, 6) is -0.504. The van der Waals surface area contributed by atoms with Gasteiger partial charge in [-0.05, 0) is 43.3 Å². The van der Waals surface area contributed by atoms with Crippen LogP contribution in [0.4, 0.5) is 15.5 Å². The fraction of sp³-hybridized carbons (Fsp3) is 0.455. The van der Waals surface area contributed by atoms with Crippen LogP contribution < -0.4 is 16.4 Å². The highest BCUT2D eigenvalue weighted by Crippen LogP contribution is 2.37. The van der Waals surface area contributed by atoms with E-state index in [1.54, 1.807) is 24.3 Å². The summed E-state index contributed by atoms with van der Waals surface area (Å²) in [4.78, 5) is 33.1. The van der Waals surface area contributed by atoms with E-state index < -0.39 is 11.9 Å². The van der Waals surface area contributed by atoms with E-state index in [9.17, 15) is 9.59 Å². The Bertz CT molecular complexity index is 972. The third-order valence-corrected chi connectivity index (χ3v) is 7.42. The molecule has 2 aliphatic heterocycles. The quantitative estimate of drug-likeness (QED) is 0.596. The van der Waals surface area contributed by atoms with Gasteiger partial charge in [-0.25, -0.2) is 4.79 Å². The summed E-state index contributed by atoms with van der Waals surface area (Å²) < 4.78 is 0. The van der Waals surface area contributed by atoms with Crippen molar-refractivity contribution in [2.24, 2.45) is 5.73 Å². The number of thiophene rings is 1. The van der Waals surface area contributed by atoms with Crippen molar-refractivity contribution >= 4 is 45.6 Å². The van der Waals surface area contributed by atoms with Gasteiger partial charge in [0.2, 0.25) is 0 Å². The minimum atomic E-state index is -0.504. The lowest BCUT2D eigenvalue weighted by molar-refractivity contribution is 0.0999. The first kappa shape index (κ1) is 23.0. The second-order valence-electron chi connectivity index (χ2n) is 8.33. The van der Waals surface area contributed by atoms with Crippen molar-refractivity contribution in [1.29, 1.82) is 0 Å². The van der Waals surface area contributed by atoms with Crippen molar-refractivity contribution < 1.29 is 9.59 Å². The van der Waals surface area contributed by atoms with Crippen LogP contribution in [0.2, 0.25) is 5.02 Å². The van der Waals surface area contributed by atoms with Gasteiger partial charge in [-0.1, -0.05) is 11.6 Å². The van der Waals surface area contributed by atoms with Crippen molar-refractivity contribution in [2.75, 3.05) is 63.5 Å². The predicted molar refractivity (Wildman–Crippen MR) is 130 cm³/mol. The first-order valence-corrected chi connectivity index (χ1v) is 12.0. The van der Waals surface area contributed by atoms with Crippen LogP contribution in [-0.4, -0.2) is 79.5 Å². The minimum Gasteiger partial charge on any atom is -0.365 e. The second-order valence-corrected chi connectivity index (χ2v) is 9.87. The van der Waals surface area contributed by atoms with E-state index in [0.29, 0.717) is 21.3 Å². The van der Waals surface area contributed by atoms with Gasteiger partial charge in [-0.15, -0.1) is 11.3 Å². The lowest BCUT2D eigenvalue weighted by atomic mass is 10.0. The minimum absolute atomic E-state index is 0.416. The number of nitrogens with two attached hydrogens (primary N) is 1. The number of nitrogens with zero attached hydrogens (tertiary/aromatic N) is 3. The topological polar surface area (TPSA) is 93.9 Å². The number of piperazine rings is 1. The van der Waals surface area contributed by atoms with Crippen LogP contribution in [0.25, 0.3) is 0 Å². The molecule has 1 saturated heterocycles. The number of hydrogen-bond acceptors (Lipinski definition) is 6. The van der Waals surface area contributed by atoms with E-state index in [0.717, 1.165) is 69.2 Å². The number of carbonyl (C=O) groups excluding carboxylic acids is 2. The van der Waals surface area contributed by atoms with Crippen molar-refractivity contribution in [3.05, 3.63) is 45.3 Å². The summed E-state index contributed by atoms with van der Waals surface area (Å²) in [7, 11) is 2.16. The summed E-state index contributed by atoms with van der Waals surface area (Å²) in [6.07, 6.45) is 0.757. The second kappa shape index (κ2) is 10.2. The highest BCUT2D eigenvalue weighted by molar-refractivity contribution is 7.17. The van der Waals surface area contributed by atoms with Gasteiger partial charge in [0.05, 0.1) is 5.56 Å². The van der Waals surface area contributed by atoms with Gasteiger partial charge >= 0.3 is 6.03 Å². The number of benzene rings is 1. The van der Waals surface area contributed by atoms with Crippen LogP contribution in [-0.2, 0) is 13.0 Å². The number of halogens is 1. The molecule has 1 fully saturated rings. The van der Waals surface area contributed by atoms with E-state index in [2.05, 4.69) is 32.4 Å². The van der Waals surface area contributed by atoms with Crippen LogP contribution in [0.15, 0.2) is 24.3 Å². The summed E-state index contributed by atoms with van der Waals surface area (Å²) >= 11 is 7.33. The van der Waals surface area contributed by atoms with Crippen LogP contribution >= 0.6 is 22.9 Å². The summed E-state index contributed by atoms with van der Waals surface area (Å²) in [6, 6.07) is 6.42. The lowest BCUT2D eigenvalue weighted by Crippen LogP contribution is -2.47. The standard InChI is InChI=1S/C22H29ClN6O2S/c1-27-8-10-28(11-9-27)12-13-29-7-6-17-18(14-29)32-21(19(17)20(24)30)26-22(31)25-16-4-2-15(23)3-5-16/h2-5H,6-14H2,1H3,(H2,24,30)(H2,25,26,31). The smallest absolute Gasteiger partial charge is 0.324 e. The molecule has 0 aliphatic carbocycles. The maximum absolute atomic E-state index is 12.5. The molecule has 0 saturated carbocycles. The predicted octanol–water partition coefficient (Wildman–Crippen LogP) is 2.75. The van der Waals surface area contributed by atoms with E-state index in [4.69, 9.17) is 17.3 Å². The fourth-order valence-corrected chi connectivity index (χ4v) is 5.57. The molecule has 1 aromatic carbocycles. The van der Waals surface area contributed by atoms with Crippen LogP contribution in [0.3, 0.4) is 0 Å². The van der Waals surface area contributed by atoms with Crippen LogP contribution in [0.1, 0.15) is 20.8 Å². The van der Waals surface area contributed by atoms with E-state index >= 15 is 0 Å². The fourth-order valence-electron chi connectivity index (χ4n) is 4.15. The maximum atomic E-state index is 12.5. The Morgan fingerprint density at radius 2 is 1.72 bits per heavy atom. The number of primary amides is 1. The third kappa shape index (κ3) is 5.60. The Morgan fingerprint density at radius 3 is 2.41 bits per heavy atom.